The second-order valence-electron chi connectivity index (χ2n) is 8.78. The van der Waals surface area contributed by atoms with Crippen molar-refractivity contribution in [2.75, 3.05) is 0 Å². The summed E-state index contributed by atoms with van der Waals surface area (Å²) in [5.41, 5.74) is 1.46. The monoisotopic (exact) mass is 385 g/mol. The molecule has 2 aromatic heterocycles. The standard InChI is InChI=1S/C21H27N3O2S/c1-14-8-15(12-27-14)11-23-17-4-5-18(23)10-21(26,9-17)13-24-20(25)7-6-19(22-24)16-2-3-16/h6-8,12,16-18,26H,2-5,9-11,13H2,1H3/t17-,18-/m0/s1. The van der Waals surface area contributed by atoms with Crippen LogP contribution in [0.5, 0.6) is 0 Å². The van der Waals surface area contributed by atoms with Crippen molar-refractivity contribution in [1.82, 2.24) is 14.7 Å². The Bertz CT molecular complexity index is 887. The lowest BCUT2D eigenvalue weighted by Gasteiger charge is -2.43. The minimum absolute atomic E-state index is 0.101. The van der Waals surface area contributed by atoms with Gasteiger partial charge in [-0.2, -0.15) is 5.10 Å². The molecule has 1 aliphatic carbocycles. The quantitative estimate of drug-likeness (QED) is 0.859. The largest absolute Gasteiger partial charge is 0.388 e. The molecule has 3 fully saturated rings. The first-order valence-corrected chi connectivity index (χ1v) is 11.0. The van der Waals surface area contributed by atoms with E-state index < -0.39 is 5.60 Å². The van der Waals surface area contributed by atoms with E-state index in [1.54, 1.807) is 17.4 Å². The van der Waals surface area contributed by atoms with Gasteiger partial charge >= 0.3 is 0 Å². The first-order chi connectivity index (χ1) is 13.0. The van der Waals surface area contributed by atoms with Gasteiger partial charge in [0.05, 0.1) is 17.8 Å². The summed E-state index contributed by atoms with van der Waals surface area (Å²) < 4.78 is 1.52. The predicted molar refractivity (Wildman–Crippen MR) is 106 cm³/mol. The minimum atomic E-state index is -0.827. The summed E-state index contributed by atoms with van der Waals surface area (Å²) >= 11 is 1.81. The fourth-order valence-electron chi connectivity index (χ4n) is 5.05. The van der Waals surface area contributed by atoms with Gasteiger partial charge in [-0.25, -0.2) is 4.68 Å². The Morgan fingerprint density at radius 2 is 1.96 bits per heavy atom. The van der Waals surface area contributed by atoms with Gasteiger partial charge in [0.1, 0.15) is 0 Å². The molecule has 0 amide bonds. The Labute approximate surface area is 163 Å². The van der Waals surface area contributed by atoms with Crippen molar-refractivity contribution >= 4 is 11.3 Å². The third-order valence-electron chi connectivity index (χ3n) is 6.48. The fraction of sp³-hybridized carbons (Fsp3) is 0.619. The molecular weight excluding hydrogens is 358 g/mol. The average molecular weight is 386 g/mol. The Morgan fingerprint density at radius 3 is 2.59 bits per heavy atom. The third-order valence-corrected chi connectivity index (χ3v) is 7.39. The van der Waals surface area contributed by atoms with Gasteiger partial charge in [-0.3, -0.25) is 9.69 Å². The van der Waals surface area contributed by atoms with Gasteiger partial charge in [-0.15, -0.1) is 11.3 Å². The molecule has 0 spiro atoms. The van der Waals surface area contributed by atoms with Crippen molar-refractivity contribution in [3.63, 3.8) is 0 Å². The van der Waals surface area contributed by atoms with Crippen molar-refractivity contribution < 1.29 is 5.11 Å². The summed E-state index contributed by atoms with van der Waals surface area (Å²) in [5.74, 6) is 0.513. The molecule has 2 bridgehead atoms. The van der Waals surface area contributed by atoms with E-state index in [0.29, 0.717) is 24.5 Å². The lowest BCUT2D eigenvalue weighted by Crippen LogP contribution is -2.53. The van der Waals surface area contributed by atoms with E-state index in [4.69, 9.17) is 0 Å². The van der Waals surface area contributed by atoms with Crippen LogP contribution in [-0.4, -0.2) is 37.5 Å². The van der Waals surface area contributed by atoms with Gasteiger partial charge in [0.2, 0.25) is 0 Å². The maximum Gasteiger partial charge on any atom is 0.266 e. The van der Waals surface area contributed by atoms with Crippen LogP contribution in [0.2, 0.25) is 0 Å². The van der Waals surface area contributed by atoms with E-state index in [0.717, 1.165) is 50.8 Å². The molecule has 3 aliphatic rings. The van der Waals surface area contributed by atoms with E-state index in [2.05, 4.69) is 28.4 Å². The Hall–Kier alpha value is -1.50. The molecule has 144 valence electrons. The number of nitrogens with zero attached hydrogens (tertiary/aromatic N) is 3. The van der Waals surface area contributed by atoms with Crippen molar-refractivity contribution in [3.05, 3.63) is 50.1 Å². The zero-order valence-electron chi connectivity index (χ0n) is 15.8. The molecule has 1 saturated carbocycles. The van der Waals surface area contributed by atoms with Crippen LogP contribution in [0.15, 0.2) is 28.4 Å². The molecule has 2 aliphatic heterocycles. The number of aliphatic hydroxyl groups is 1. The number of aryl methyl sites for hydroxylation is 1. The highest BCUT2D eigenvalue weighted by Gasteiger charge is 2.47. The van der Waals surface area contributed by atoms with Crippen molar-refractivity contribution in [1.29, 1.82) is 0 Å². The topological polar surface area (TPSA) is 58.4 Å². The number of fused-ring (bicyclic) bond motifs is 2. The summed E-state index contributed by atoms with van der Waals surface area (Å²) in [5, 5.41) is 18.2. The maximum atomic E-state index is 12.3. The van der Waals surface area contributed by atoms with E-state index >= 15 is 0 Å². The highest BCUT2D eigenvalue weighted by Crippen LogP contribution is 2.42. The van der Waals surface area contributed by atoms with Gasteiger partial charge in [0.25, 0.3) is 5.56 Å². The minimum Gasteiger partial charge on any atom is -0.388 e. The van der Waals surface area contributed by atoms with Crippen molar-refractivity contribution in [2.24, 2.45) is 0 Å². The molecule has 5 rings (SSSR count). The zero-order chi connectivity index (χ0) is 18.6. The van der Waals surface area contributed by atoms with Gasteiger partial charge in [-0.05, 0) is 68.5 Å². The summed E-state index contributed by atoms with van der Waals surface area (Å²) in [7, 11) is 0. The van der Waals surface area contributed by atoms with E-state index in [1.165, 1.54) is 15.1 Å². The van der Waals surface area contributed by atoms with E-state index in [-0.39, 0.29) is 5.56 Å². The van der Waals surface area contributed by atoms with Gasteiger partial charge < -0.3 is 5.11 Å². The van der Waals surface area contributed by atoms with E-state index in [1.807, 2.05) is 6.07 Å². The molecule has 0 aromatic carbocycles. The number of thiophene rings is 1. The van der Waals surface area contributed by atoms with Crippen LogP contribution in [0, 0.1) is 6.92 Å². The normalized spacial score (nSPS) is 30.7. The smallest absolute Gasteiger partial charge is 0.266 e. The summed E-state index contributed by atoms with van der Waals surface area (Å²) in [6.45, 7) is 3.45. The summed E-state index contributed by atoms with van der Waals surface area (Å²) in [6.07, 6.45) is 6.07. The SMILES string of the molecule is Cc1cc(CN2[C@H]3CC[C@H]2CC(O)(Cn2nc(C4CC4)ccc2=O)C3)cs1. The van der Waals surface area contributed by atoms with E-state index in [9.17, 15) is 9.90 Å². The summed E-state index contributed by atoms with van der Waals surface area (Å²) in [4.78, 5) is 16.2. The Morgan fingerprint density at radius 1 is 1.22 bits per heavy atom. The first-order valence-electron chi connectivity index (χ1n) is 10.1. The molecule has 2 atom stereocenters. The first kappa shape index (κ1) is 17.6. The lowest BCUT2D eigenvalue weighted by molar-refractivity contribution is -0.0677. The molecule has 2 saturated heterocycles. The second kappa shape index (κ2) is 6.54. The molecular formula is C21H27N3O2S. The van der Waals surface area contributed by atoms with Crippen LogP contribution in [0.1, 0.15) is 60.6 Å². The van der Waals surface area contributed by atoms with Gasteiger partial charge in [0.15, 0.2) is 0 Å². The molecule has 0 unspecified atom stereocenters. The fourth-order valence-corrected chi connectivity index (χ4v) is 5.75. The van der Waals surface area contributed by atoms with Crippen molar-refractivity contribution in [2.45, 2.75) is 82.1 Å². The molecule has 1 N–H and O–H groups in total. The number of hydrogen-bond acceptors (Lipinski definition) is 5. The summed E-state index contributed by atoms with van der Waals surface area (Å²) in [6, 6.07) is 6.55. The molecule has 5 nitrogen and oxygen atoms in total. The number of rotatable bonds is 5. The molecule has 6 heteroatoms. The van der Waals surface area contributed by atoms with Crippen LogP contribution in [0.4, 0.5) is 0 Å². The maximum absolute atomic E-state index is 12.3. The van der Waals surface area contributed by atoms with Gasteiger partial charge in [-0.1, -0.05) is 0 Å². The van der Waals surface area contributed by atoms with Crippen LogP contribution in [0.25, 0.3) is 0 Å². The molecule has 2 aromatic rings. The Kier molecular flexibility index (Phi) is 4.26. The third kappa shape index (κ3) is 3.50. The highest BCUT2D eigenvalue weighted by molar-refractivity contribution is 7.10. The highest BCUT2D eigenvalue weighted by atomic mass is 32.1. The van der Waals surface area contributed by atoms with Crippen molar-refractivity contribution in [3.8, 4) is 0 Å². The lowest BCUT2D eigenvalue weighted by atomic mass is 9.85. The number of piperidine rings is 1. The average Bonchev–Trinajstić information content (AvgIpc) is 3.34. The second-order valence-corrected chi connectivity index (χ2v) is 9.90. The number of aromatic nitrogens is 2. The predicted octanol–water partition coefficient (Wildman–Crippen LogP) is 3.05. The van der Waals surface area contributed by atoms with Crippen LogP contribution in [-0.2, 0) is 13.1 Å². The Balaban J connectivity index is 1.32. The van der Waals surface area contributed by atoms with Crippen LogP contribution in [0.3, 0.4) is 0 Å². The van der Waals surface area contributed by atoms with Crippen LogP contribution >= 0.6 is 11.3 Å². The molecule has 4 heterocycles. The van der Waals surface area contributed by atoms with Gasteiger partial charge in [0, 0.05) is 35.5 Å². The zero-order valence-corrected chi connectivity index (χ0v) is 16.6. The molecule has 0 radical (unpaired) electrons. The molecule has 27 heavy (non-hydrogen) atoms. The number of hydrogen-bond donors (Lipinski definition) is 1. The van der Waals surface area contributed by atoms with Crippen LogP contribution < -0.4 is 5.56 Å².